The Morgan fingerprint density at radius 2 is 2.29 bits per heavy atom. The van der Waals surface area contributed by atoms with Crippen LogP contribution in [0.5, 0.6) is 0 Å². The Morgan fingerprint density at radius 3 is 3.05 bits per heavy atom. The average molecular weight is 320 g/mol. The topological polar surface area (TPSA) is 80.9 Å². The van der Waals surface area contributed by atoms with Gasteiger partial charge in [-0.25, -0.2) is 15.0 Å². The standard InChI is InChI=1S/C13H12N4O2S2/c18-11(19)8-21-13-16-9-2-1-4-15-12(9)17(13)6-3-10-14-5-7-20-10/h1-2,4-5,7H,3,6,8H2,(H,18,19). The number of aryl methyl sites for hydroxylation is 2. The van der Waals surface area contributed by atoms with Gasteiger partial charge in [-0.1, -0.05) is 11.8 Å². The van der Waals surface area contributed by atoms with Gasteiger partial charge in [0, 0.05) is 30.7 Å². The number of fused-ring (bicyclic) bond motifs is 1. The third kappa shape index (κ3) is 3.22. The van der Waals surface area contributed by atoms with Crippen molar-refractivity contribution in [3.63, 3.8) is 0 Å². The Bertz CT molecular complexity index is 755. The van der Waals surface area contributed by atoms with Crippen molar-refractivity contribution in [1.82, 2.24) is 19.5 Å². The molecule has 3 heterocycles. The lowest BCUT2D eigenvalue weighted by molar-refractivity contribution is -0.133. The maximum absolute atomic E-state index is 10.8. The van der Waals surface area contributed by atoms with Crippen LogP contribution in [0.25, 0.3) is 11.2 Å². The van der Waals surface area contributed by atoms with Crippen LogP contribution in [-0.2, 0) is 17.8 Å². The Labute approximate surface area is 128 Å². The minimum atomic E-state index is -0.855. The van der Waals surface area contributed by atoms with E-state index in [-0.39, 0.29) is 5.75 Å². The molecule has 0 unspecified atom stereocenters. The molecule has 0 saturated carbocycles. The van der Waals surface area contributed by atoms with Crippen molar-refractivity contribution < 1.29 is 9.90 Å². The normalized spacial score (nSPS) is 11.0. The first kappa shape index (κ1) is 14.0. The van der Waals surface area contributed by atoms with Gasteiger partial charge in [-0.05, 0) is 12.1 Å². The quantitative estimate of drug-likeness (QED) is 0.702. The van der Waals surface area contributed by atoms with Crippen LogP contribution in [0, 0.1) is 0 Å². The zero-order valence-corrected chi connectivity index (χ0v) is 12.6. The number of imidazole rings is 1. The molecule has 0 spiro atoms. The second kappa shape index (κ2) is 6.23. The van der Waals surface area contributed by atoms with Gasteiger partial charge in [-0.15, -0.1) is 11.3 Å². The fourth-order valence-electron chi connectivity index (χ4n) is 1.96. The van der Waals surface area contributed by atoms with Crippen LogP contribution >= 0.6 is 23.1 Å². The number of aliphatic carboxylic acids is 1. The number of thioether (sulfide) groups is 1. The van der Waals surface area contributed by atoms with Gasteiger partial charge < -0.3 is 9.67 Å². The Morgan fingerprint density at radius 1 is 1.38 bits per heavy atom. The van der Waals surface area contributed by atoms with E-state index in [9.17, 15) is 4.79 Å². The zero-order chi connectivity index (χ0) is 14.7. The first-order valence-corrected chi connectivity index (χ1v) is 8.15. The Hall–Kier alpha value is -1.93. The van der Waals surface area contributed by atoms with Gasteiger partial charge in [0.05, 0.1) is 10.8 Å². The molecule has 0 saturated heterocycles. The number of thiazole rings is 1. The van der Waals surface area contributed by atoms with E-state index in [1.165, 1.54) is 11.8 Å². The van der Waals surface area contributed by atoms with Crippen molar-refractivity contribution in [3.8, 4) is 0 Å². The number of carboxylic acids is 1. The molecule has 0 aliphatic heterocycles. The van der Waals surface area contributed by atoms with Crippen LogP contribution in [0.3, 0.4) is 0 Å². The lowest BCUT2D eigenvalue weighted by Crippen LogP contribution is -2.06. The number of rotatable bonds is 6. The van der Waals surface area contributed by atoms with Gasteiger partial charge in [-0.2, -0.15) is 0 Å². The summed E-state index contributed by atoms with van der Waals surface area (Å²) in [5, 5.41) is 12.5. The van der Waals surface area contributed by atoms with E-state index < -0.39 is 5.97 Å². The van der Waals surface area contributed by atoms with E-state index in [0.29, 0.717) is 11.7 Å². The van der Waals surface area contributed by atoms with E-state index in [4.69, 9.17) is 5.11 Å². The molecule has 0 radical (unpaired) electrons. The second-order valence-corrected chi connectivity index (χ2v) is 6.17. The lowest BCUT2D eigenvalue weighted by atomic mass is 10.4. The van der Waals surface area contributed by atoms with Crippen molar-refractivity contribution in [2.75, 3.05) is 5.75 Å². The molecule has 0 aliphatic carbocycles. The molecule has 21 heavy (non-hydrogen) atoms. The van der Waals surface area contributed by atoms with Crippen molar-refractivity contribution in [3.05, 3.63) is 34.9 Å². The summed E-state index contributed by atoms with van der Waals surface area (Å²) in [5.41, 5.74) is 1.56. The average Bonchev–Trinajstić information content (AvgIpc) is 3.10. The number of aromatic nitrogens is 4. The fourth-order valence-corrected chi connectivity index (χ4v) is 3.32. The van der Waals surface area contributed by atoms with Gasteiger partial charge in [-0.3, -0.25) is 4.79 Å². The van der Waals surface area contributed by atoms with Gasteiger partial charge in [0.25, 0.3) is 0 Å². The number of pyridine rings is 1. The number of carboxylic acid groups (broad SMARTS) is 1. The third-order valence-corrected chi connectivity index (χ3v) is 4.63. The molecule has 0 fully saturated rings. The van der Waals surface area contributed by atoms with Crippen LogP contribution in [-0.4, -0.2) is 36.3 Å². The smallest absolute Gasteiger partial charge is 0.313 e. The molecule has 3 aromatic heterocycles. The highest BCUT2D eigenvalue weighted by Gasteiger charge is 2.13. The van der Waals surface area contributed by atoms with E-state index in [0.717, 1.165) is 22.6 Å². The molecule has 0 aliphatic rings. The summed E-state index contributed by atoms with van der Waals surface area (Å²) in [6, 6.07) is 3.71. The van der Waals surface area contributed by atoms with Crippen molar-refractivity contribution in [2.45, 2.75) is 18.1 Å². The van der Waals surface area contributed by atoms with E-state index >= 15 is 0 Å². The molecule has 108 valence electrons. The van der Waals surface area contributed by atoms with Crippen LogP contribution < -0.4 is 0 Å². The second-order valence-electron chi connectivity index (χ2n) is 4.25. The summed E-state index contributed by atoms with van der Waals surface area (Å²) >= 11 is 2.82. The fraction of sp³-hybridized carbons (Fsp3) is 0.231. The number of nitrogens with zero attached hydrogens (tertiary/aromatic N) is 4. The summed E-state index contributed by atoms with van der Waals surface area (Å²) < 4.78 is 1.96. The van der Waals surface area contributed by atoms with Gasteiger partial charge >= 0.3 is 5.97 Å². The SMILES string of the molecule is O=C(O)CSc1nc2cccnc2n1CCc1nccs1. The molecule has 1 N–H and O–H groups in total. The van der Waals surface area contributed by atoms with E-state index in [1.54, 1.807) is 23.7 Å². The van der Waals surface area contributed by atoms with Gasteiger partial charge in [0.15, 0.2) is 10.8 Å². The lowest BCUT2D eigenvalue weighted by Gasteiger charge is -2.06. The summed E-state index contributed by atoms with van der Waals surface area (Å²) in [4.78, 5) is 23.8. The minimum absolute atomic E-state index is 0.0133. The molecule has 0 bridgehead atoms. The highest BCUT2D eigenvalue weighted by Crippen LogP contribution is 2.23. The summed E-state index contributed by atoms with van der Waals surface area (Å²) in [6.45, 7) is 0.684. The number of hydrogen-bond acceptors (Lipinski definition) is 6. The molecule has 0 amide bonds. The molecular weight excluding hydrogens is 308 g/mol. The largest absolute Gasteiger partial charge is 0.481 e. The zero-order valence-electron chi connectivity index (χ0n) is 11.0. The van der Waals surface area contributed by atoms with Crippen molar-refractivity contribution in [2.24, 2.45) is 0 Å². The van der Waals surface area contributed by atoms with Crippen molar-refractivity contribution in [1.29, 1.82) is 0 Å². The third-order valence-electron chi connectivity index (χ3n) is 2.83. The first-order chi connectivity index (χ1) is 10.2. The van der Waals surface area contributed by atoms with Gasteiger partial charge in [0.2, 0.25) is 0 Å². The highest BCUT2D eigenvalue weighted by molar-refractivity contribution is 7.99. The first-order valence-electron chi connectivity index (χ1n) is 6.28. The molecule has 8 heteroatoms. The molecule has 0 atom stereocenters. The molecule has 6 nitrogen and oxygen atoms in total. The molecule has 3 rings (SSSR count). The van der Waals surface area contributed by atoms with Crippen LogP contribution in [0.1, 0.15) is 5.01 Å². The summed E-state index contributed by atoms with van der Waals surface area (Å²) in [6.07, 6.45) is 4.28. The Kier molecular flexibility index (Phi) is 4.16. The summed E-state index contributed by atoms with van der Waals surface area (Å²) in [5.74, 6) is -0.868. The van der Waals surface area contributed by atoms with Gasteiger partial charge in [0.1, 0.15) is 5.52 Å². The predicted octanol–water partition coefficient (Wildman–Crippen LogP) is 2.31. The Balaban J connectivity index is 1.89. The predicted molar refractivity (Wildman–Crippen MR) is 81.7 cm³/mol. The van der Waals surface area contributed by atoms with Crippen LogP contribution in [0.2, 0.25) is 0 Å². The maximum atomic E-state index is 10.8. The molecule has 0 aromatic carbocycles. The van der Waals surface area contributed by atoms with E-state index in [2.05, 4.69) is 15.0 Å². The van der Waals surface area contributed by atoms with E-state index in [1.807, 2.05) is 22.1 Å². The number of carbonyl (C=O) groups is 1. The van der Waals surface area contributed by atoms with Crippen molar-refractivity contribution >= 4 is 40.2 Å². The number of hydrogen-bond donors (Lipinski definition) is 1. The highest BCUT2D eigenvalue weighted by atomic mass is 32.2. The minimum Gasteiger partial charge on any atom is -0.481 e. The molecule has 3 aromatic rings. The van der Waals surface area contributed by atoms with Crippen LogP contribution in [0.4, 0.5) is 0 Å². The monoisotopic (exact) mass is 320 g/mol. The van der Waals surface area contributed by atoms with Crippen LogP contribution in [0.15, 0.2) is 35.1 Å². The maximum Gasteiger partial charge on any atom is 0.313 e. The molecular formula is C13H12N4O2S2. The summed E-state index contributed by atoms with van der Waals surface area (Å²) in [7, 11) is 0.